The minimum absolute atomic E-state index is 0.0672. The van der Waals surface area contributed by atoms with Crippen LogP contribution in [0.1, 0.15) is 26.7 Å². The largest absolute Gasteiger partial charge is 0.330 e. The smallest absolute Gasteiger partial charge is 0.152 e. The lowest BCUT2D eigenvalue weighted by molar-refractivity contribution is 0.310. The number of halogens is 1. The summed E-state index contributed by atoms with van der Waals surface area (Å²) in [6.45, 7) is 3.47. The van der Waals surface area contributed by atoms with Crippen LogP contribution < -0.4 is 5.73 Å². The van der Waals surface area contributed by atoms with Gasteiger partial charge in [-0.1, -0.05) is 0 Å². The molecule has 0 radical (unpaired) electrons. The van der Waals surface area contributed by atoms with Gasteiger partial charge in [0, 0.05) is 0 Å². The van der Waals surface area contributed by atoms with E-state index in [2.05, 4.69) is 0 Å². The van der Waals surface area contributed by atoms with E-state index in [1.165, 1.54) is 0 Å². The Morgan fingerprint density at radius 2 is 1.85 bits per heavy atom. The molecule has 0 aromatic rings. The summed E-state index contributed by atoms with van der Waals surface area (Å²) in [5.74, 6) is -0.0775. The van der Waals surface area contributed by atoms with Gasteiger partial charge in [0.2, 0.25) is 0 Å². The molecular formula is C8H18FNO2S. The Labute approximate surface area is 79.4 Å². The van der Waals surface area contributed by atoms with Crippen LogP contribution in [0.25, 0.3) is 0 Å². The number of rotatable bonds is 6. The quantitative estimate of drug-likeness (QED) is 0.709. The van der Waals surface area contributed by atoms with Crippen LogP contribution in [-0.4, -0.2) is 32.1 Å². The maximum Gasteiger partial charge on any atom is 0.152 e. The maximum absolute atomic E-state index is 12.9. The maximum atomic E-state index is 12.9. The van der Waals surface area contributed by atoms with Gasteiger partial charge in [-0.2, -0.15) is 0 Å². The zero-order chi connectivity index (χ0) is 10.5. The molecule has 5 heteroatoms. The lowest BCUT2D eigenvalue weighted by Gasteiger charge is -2.09. The highest BCUT2D eigenvalue weighted by Crippen LogP contribution is 2.08. The molecule has 2 N–H and O–H groups in total. The van der Waals surface area contributed by atoms with Crippen LogP contribution in [0.2, 0.25) is 0 Å². The molecule has 0 spiro atoms. The fourth-order valence-electron chi connectivity index (χ4n) is 0.853. The first kappa shape index (κ1) is 12.8. The number of sulfone groups is 1. The summed E-state index contributed by atoms with van der Waals surface area (Å²) in [5.41, 5.74) is 5.14. The van der Waals surface area contributed by atoms with Crippen molar-refractivity contribution in [2.75, 3.05) is 12.3 Å². The Morgan fingerprint density at radius 1 is 1.31 bits per heavy atom. The van der Waals surface area contributed by atoms with Crippen LogP contribution in [0.4, 0.5) is 4.39 Å². The second-order valence-corrected chi connectivity index (χ2v) is 6.06. The van der Waals surface area contributed by atoms with E-state index in [0.29, 0.717) is 0 Å². The third-order valence-corrected chi connectivity index (χ3v) is 4.15. The molecule has 3 nitrogen and oxygen atoms in total. The molecule has 0 amide bonds. The average molecular weight is 211 g/mol. The van der Waals surface area contributed by atoms with Crippen molar-refractivity contribution in [1.82, 2.24) is 0 Å². The Balaban J connectivity index is 3.89. The topological polar surface area (TPSA) is 60.2 Å². The van der Waals surface area contributed by atoms with Crippen molar-refractivity contribution < 1.29 is 12.8 Å². The number of nitrogens with two attached hydrogens (primary N) is 1. The highest BCUT2D eigenvalue weighted by molar-refractivity contribution is 7.91. The second kappa shape index (κ2) is 5.54. The molecule has 0 aromatic carbocycles. The first-order valence-corrected chi connectivity index (χ1v) is 6.17. The van der Waals surface area contributed by atoms with E-state index in [4.69, 9.17) is 5.73 Å². The Hall–Kier alpha value is -0.160. The van der Waals surface area contributed by atoms with Crippen molar-refractivity contribution in [3.63, 3.8) is 0 Å². The highest BCUT2D eigenvalue weighted by Gasteiger charge is 2.18. The zero-order valence-corrected chi connectivity index (χ0v) is 8.98. The van der Waals surface area contributed by atoms with Gasteiger partial charge in [0.1, 0.15) is 6.17 Å². The van der Waals surface area contributed by atoms with Crippen LogP contribution in [0, 0.1) is 0 Å². The van der Waals surface area contributed by atoms with Crippen molar-refractivity contribution in [2.24, 2.45) is 5.73 Å². The molecule has 80 valence electrons. The molecule has 0 rings (SSSR count). The fourth-order valence-corrected chi connectivity index (χ4v) is 1.91. The lowest BCUT2D eigenvalue weighted by atomic mass is 10.2. The molecule has 0 heterocycles. The summed E-state index contributed by atoms with van der Waals surface area (Å²) in [6, 6.07) is 0. The molecule has 0 bridgehead atoms. The van der Waals surface area contributed by atoms with E-state index in [-0.39, 0.29) is 25.1 Å². The first-order chi connectivity index (χ1) is 5.90. The summed E-state index contributed by atoms with van der Waals surface area (Å²) in [4.78, 5) is 0. The Morgan fingerprint density at radius 3 is 2.23 bits per heavy atom. The van der Waals surface area contributed by atoms with Gasteiger partial charge in [-0.15, -0.1) is 0 Å². The number of hydrogen-bond donors (Lipinski definition) is 1. The van der Waals surface area contributed by atoms with Crippen LogP contribution in [0.15, 0.2) is 0 Å². The van der Waals surface area contributed by atoms with Crippen LogP contribution in [0.5, 0.6) is 0 Å². The minimum Gasteiger partial charge on any atom is -0.330 e. The zero-order valence-electron chi connectivity index (χ0n) is 8.16. The van der Waals surface area contributed by atoms with E-state index in [0.717, 1.165) is 0 Å². The van der Waals surface area contributed by atoms with Crippen molar-refractivity contribution in [2.45, 2.75) is 38.1 Å². The molecule has 1 unspecified atom stereocenters. The van der Waals surface area contributed by atoms with Crippen LogP contribution >= 0.6 is 0 Å². The van der Waals surface area contributed by atoms with Gasteiger partial charge in [-0.3, -0.25) is 0 Å². The molecule has 0 fully saturated rings. The van der Waals surface area contributed by atoms with E-state index >= 15 is 0 Å². The third-order valence-electron chi connectivity index (χ3n) is 1.91. The van der Waals surface area contributed by atoms with Gasteiger partial charge in [-0.05, 0) is 33.2 Å². The average Bonchev–Trinajstić information content (AvgIpc) is 2.01. The molecule has 0 aliphatic carbocycles. The number of hydrogen-bond acceptors (Lipinski definition) is 3. The standard InChI is InChI=1S/C8H18FNO2S/c1-7(2)13(11,12)6-4-8(9)3-5-10/h7-8H,3-6,10H2,1-2H3. The fraction of sp³-hybridized carbons (Fsp3) is 1.00. The molecule has 0 aliphatic rings. The van der Waals surface area contributed by atoms with Gasteiger partial charge in [0.05, 0.1) is 11.0 Å². The molecule has 0 saturated carbocycles. The van der Waals surface area contributed by atoms with Crippen molar-refractivity contribution in [1.29, 1.82) is 0 Å². The molecule has 0 saturated heterocycles. The molecular weight excluding hydrogens is 193 g/mol. The van der Waals surface area contributed by atoms with E-state index in [1.54, 1.807) is 13.8 Å². The van der Waals surface area contributed by atoms with Crippen molar-refractivity contribution in [3.8, 4) is 0 Å². The second-order valence-electron chi connectivity index (χ2n) is 3.38. The normalized spacial score (nSPS) is 14.8. The van der Waals surface area contributed by atoms with Crippen molar-refractivity contribution in [3.05, 3.63) is 0 Å². The molecule has 13 heavy (non-hydrogen) atoms. The van der Waals surface area contributed by atoms with Gasteiger partial charge in [-0.25, -0.2) is 12.8 Å². The predicted octanol–water partition coefficient (Wildman–Crippen LogP) is 0.887. The summed E-state index contributed by atoms with van der Waals surface area (Å²) in [5, 5.41) is -0.419. The Kier molecular flexibility index (Phi) is 5.48. The van der Waals surface area contributed by atoms with Crippen LogP contribution in [-0.2, 0) is 9.84 Å². The summed E-state index contributed by atoms with van der Waals surface area (Å²) < 4.78 is 35.3. The van der Waals surface area contributed by atoms with E-state index in [9.17, 15) is 12.8 Å². The van der Waals surface area contributed by atoms with Gasteiger partial charge in [0.15, 0.2) is 9.84 Å². The highest BCUT2D eigenvalue weighted by atomic mass is 32.2. The SMILES string of the molecule is CC(C)S(=O)(=O)CCC(F)CCN. The first-order valence-electron chi connectivity index (χ1n) is 4.46. The monoisotopic (exact) mass is 211 g/mol. The number of alkyl halides is 1. The lowest BCUT2D eigenvalue weighted by Crippen LogP contribution is -2.21. The summed E-state index contributed by atoms with van der Waals surface area (Å²) >= 11 is 0. The van der Waals surface area contributed by atoms with Gasteiger partial charge < -0.3 is 5.73 Å². The van der Waals surface area contributed by atoms with E-state index in [1.807, 2.05) is 0 Å². The summed E-state index contributed by atoms with van der Waals surface area (Å²) in [6.07, 6.45) is -0.774. The minimum atomic E-state index is -3.09. The third kappa shape index (κ3) is 5.21. The van der Waals surface area contributed by atoms with Crippen molar-refractivity contribution >= 4 is 9.84 Å². The summed E-state index contributed by atoms with van der Waals surface area (Å²) in [7, 11) is -3.09. The molecule has 0 aliphatic heterocycles. The predicted molar refractivity (Wildman–Crippen MR) is 52.1 cm³/mol. The Bertz CT molecular complexity index is 226. The van der Waals surface area contributed by atoms with Gasteiger partial charge in [0.25, 0.3) is 0 Å². The van der Waals surface area contributed by atoms with E-state index < -0.39 is 21.3 Å². The molecule has 1 atom stereocenters. The van der Waals surface area contributed by atoms with Crippen LogP contribution in [0.3, 0.4) is 0 Å². The van der Waals surface area contributed by atoms with Gasteiger partial charge >= 0.3 is 0 Å². The molecule has 0 aromatic heterocycles.